The maximum atomic E-state index is 13.2. The smallest absolute Gasteiger partial charge is 0.200 e. The monoisotopic (exact) mass is 390 g/mol. The van der Waals surface area contributed by atoms with Gasteiger partial charge in [-0.3, -0.25) is 9.59 Å². The predicted octanol–water partition coefficient (Wildman–Crippen LogP) is 4.57. The van der Waals surface area contributed by atoms with E-state index < -0.39 is 5.82 Å². The van der Waals surface area contributed by atoms with E-state index in [1.54, 1.807) is 24.3 Å². The number of aromatic hydroxyl groups is 1. The molecule has 3 aromatic carbocycles. The van der Waals surface area contributed by atoms with Crippen molar-refractivity contribution in [2.45, 2.75) is 0 Å². The van der Waals surface area contributed by atoms with Crippen LogP contribution in [0.4, 0.5) is 4.39 Å². The van der Waals surface area contributed by atoms with Gasteiger partial charge in [0.1, 0.15) is 29.2 Å². The van der Waals surface area contributed by atoms with Gasteiger partial charge in [0.05, 0.1) is 10.9 Å². The van der Waals surface area contributed by atoms with Gasteiger partial charge >= 0.3 is 0 Å². The number of Topliss-reactive ketones (excluding diaryl/α,β-unsaturated/α-hetero) is 1. The largest absolute Gasteiger partial charge is 0.508 e. The van der Waals surface area contributed by atoms with Crippen molar-refractivity contribution >= 4 is 16.8 Å². The van der Waals surface area contributed by atoms with Gasteiger partial charge < -0.3 is 14.3 Å². The van der Waals surface area contributed by atoms with Gasteiger partial charge in [-0.15, -0.1) is 0 Å². The number of rotatable bonds is 5. The van der Waals surface area contributed by atoms with Crippen LogP contribution in [0.1, 0.15) is 10.4 Å². The molecule has 1 aromatic heterocycles. The molecule has 0 unspecified atom stereocenters. The van der Waals surface area contributed by atoms with Crippen molar-refractivity contribution in [3.8, 4) is 22.6 Å². The third kappa shape index (κ3) is 3.87. The molecule has 0 bridgehead atoms. The number of halogens is 1. The highest BCUT2D eigenvalue weighted by Crippen LogP contribution is 2.24. The highest BCUT2D eigenvalue weighted by Gasteiger charge is 2.12. The second-order valence-electron chi connectivity index (χ2n) is 6.41. The standard InChI is InChI=1S/C23H15FO5/c24-16-3-1-2-15(10-16)21(26)13-28-18-8-9-19-22(11-18)29-12-20(23(19)27)14-4-6-17(25)7-5-14/h1-12,25H,13H2. The molecule has 29 heavy (non-hydrogen) atoms. The van der Waals surface area contributed by atoms with E-state index in [0.29, 0.717) is 27.8 Å². The van der Waals surface area contributed by atoms with Crippen molar-refractivity contribution in [3.05, 3.63) is 94.6 Å². The van der Waals surface area contributed by atoms with Gasteiger partial charge in [-0.2, -0.15) is 0 Å². The van der Waals surface area contributed by atoms with E-state index in [2.05, 4.69) is 0 Å². The Balaban J connectivity index is 1.57. The van der Waals surface area contributed by atoms with E-state index in [-0.39, 0.29) is 29.1 Å². The minimum absolute atomic E-state index is 0.105. The Labute approximate surface area is 164 Å². The third-order valence-corrected chi connectivity index (χ3v) is 4.44. The van der Waals surface area contributed by atoms with E-state index in [9.17, 15) is 19.1 Å². The first-order chi connectivity index (χ1) is 14.0. The summed E-state index contributed by atoms with van der Waals surface area (Å²) < 4.78 is 24.3. The predicted molar refractivity (Wildman–Crippen MR) is 106 cm³/mol. The summed E-state index contributed by atoms with van der Waals surface area (Å²) in [7, 11) is 0. The molecule has 0 aliphatic rings. The van der Waals surface area contributed by atoms with Gasteiger partial charge in [-0.05, 0) is 42.0 Å². The van der Waals surface area contributed by atoms with Gasteiger partial charge in [-0.25, -0.2) is 4.39 Å². The van der Waals surface area contributed by atoms with Crippen LogP contribution in [-0.2, 0) is 0 Å². The number of ether oxygens (including phenoxy) is 1. The summed E-state index contributed by atoms with van der Waals surface area (Å²) in [6.45, 7) is -0.273. The number of carbonyl (C=O) groups excluding carboxylic acids is 1. The van der Waals surface area contributed by atoms with Gasteiger partial charge in [0.25, 0.3) is 0 Å². The average Bonchev–Trinajstić information content (AvgIpc) is 2.73. The van der Waals surface area contributed by atoms with Gasteiger partial charge in [0.2, 0.25) is 0 Å². The molecule has 1 heterocycles. The van der Waals surface area contributed by atoms with Crippen molar-refractivity contribution < 1.29 is 23.4 Å². The molecule has 0 spiro atoms. The second-order valence-corrected chi connectivity index (χ2v) is 6.41. The second kappa shape index (κ2) is 7.59. The topological polar surface area (TPSA) is 76.7 Å². The molecule has 6 heteroatoms. The molecule has 0 saturated heterocycles. The number of phenolic OH excluding ortho intramolecular Hbond substituents is 1. The highest BCUT2D eigenvalue weighted by molar-refractivity contribution is 5.97. The molecule has 0 amide bonds. The van der Waals surface area contributed by atoms with E-state index >= 15 is 0 Å². The van der Waals surface area contributed by atoms with E-state index in [4.69, 9.17) is 9.15 Å². The van der Waals surface area contributed by atoms with Crippen LogP contribution >= 0.6 is 0 Å². The van der Waals surface area contributed by atoms with Crippen LogP contribution in [0.15, 0.2) is 82.2 Å². The van der Waals surface area contributed by atoms with Crippen molar-refractivity contribution in [3.63, 3.8) is 0 Å². The summed E-state index contributed by atoms with van der Waals surface area (Å²) in [5.41, 5.74) is 1.30. The molecule has 5 nitrogen and oxygen atoms in total. The fourth-order valence-corrected chi connectivity index (χ4v) is 2.93. The summed E-state index contributed by atoms with van der Waals surface area (Å²) in [5.74, 6) is -0.405. The minimum atomic E-state index is -0.493. The van der Waals surface area contributed by atoms with Crippen molar-refractivity contribution in [2.75, 3.05) is 6.61 Å². The van der Waals surface area contributed by atoms with Gasteiger partial charge in [0, 0.05) is 11.6 Å². The highest BCUT2D eigenvalue weighted by atomic mass is 19.1. The van der Waals surface area contributed by atoms with E-state index in [0.717, 1.165) is 6.07 Å². The molecule has 0 fully saturated rings. The summed E-state index contributed by atoms with van der Waals surface area (Å²) in [6.07, 6.45) is 1.35. The molecule has 0 aliphatic carbocycles. The van der Waals surface area contributed by atoms with Crippen molar-refractivity contribution in [1.29, 1.82) is 0 Å². The zero-order valence-electron chi connectivity index (χ0n) is 15.1. The molecular formula is C23H15FO5. The molecule has 4 aromatic rings. The lowest BCUT2D eigenvalue weighted by molar-refractivity contribution is 0.0921. The third-order valence-electron chi connectivity index (χ3n) is 4.44. The Morgan fingerprint density at radius 3 is 2.59 bits per heavy atom. The maximum absolute atomic E-state index is 13.2. The quantitative estimate of drug-likeness (QED) is 0.505. The summed E-state index contributed by atoms with van der Waals surface area (Å²) >= 11 is 0. The summed E-state index contributed by atoms with van der Waals surface area (Å²) in [6, 6.07) is 16.3. The maximum Gasteiger partial charge on any atom is 0.200 e. The molecule has 0 atom stereocenters. The molecule has 0 radical (unpaired) electrons. The fourth-order valence-electron chi connectivity index (χ4n) is 2.93. The lowest BCUT2D eigenvalue weighted by atomic mass is 10.1. The number of phenols is 1. The van der Waals surface area contributed by atoms with Crippen LogP contribution in [0.3, 0.4) is 0 Å². The first-order valence-electron chi connectivity index (χ1n) is 8.78. The lowest BCUT2D eigenvalue weighted by Crippen LogP contribution is -2.12. The molecule has 0 saturated carbocycles. The summed E-state index contributed by atoms with van der Waals surface area (Å²) in [5, 5.41) is 9.75. The number of hydrogen-bond donors (Lipinski definition) is 1. The molecule has 0 aliphatic heterocycles. The Kier molecular flexibility index (Phi) is 4.83. The summed E-state index contributed by atoms with van der Waals surface area (Å²) in [4.78, 5) is 24.9. The number of ketones is 1. The van der Waals surface area contributed by atoms with Crippen LogP contribution in [-0.4, -0.2) is 17.5 Å². The van der Waals surface area contributed by atoms with E-state index in [1.165, 1.54) is 42.7 Å². The average molecular weight is 390 g/mol. The first kappa shape index (κ1) is 18.4. The van der Waals surface area contributed by atoms with E-state index in [1.807, 2.05) is 0 Å². The molecule has 1 N–H and O–H groups in total. The van der Waals surface area contributed by atoms with Gasteiger partial charge in [-0.1, -0.05) is 24.3 Å². The lowest BCUT2D eigenvalue weighted by Gasteiger charge is -2.07. The minimum Gasteiger partial charge on any atom is -0.508 e. The zero-order chi connectivity index (χ0) is 20.4. The first-order valence-corrected chi connectivity index (χ1v) is 8.78. The molecule has 144 valence electrons. The Morgan fingerprint density at radius 2 is 1.83 bits per heavy atom. The van der Waals surface area contributed by atoms with Crippen LogP contribution in [0, 0.1) is 5.82 Å². The van der Waals surface area contributed by atoms with Crippen LogP contribution in [0.2, 0.25) is 0 Å². The van der Waals surface area contributed by atoms with Crippen molar-refractivity contribution in [1.82, 2.24) is 0 Å². The molecule has 4 rings (SSSR count). The SMILES string of the molecule is O=C(COc1ccc2c(=O)c(-c3ccc(O)cc3)coc2c1)c1cccc(F)c1. The van der Waals surface area contributed by atoms with Crippen molar-refractivity contribution in [2.24, 2.45) is 0 Å². The Hall–Kier alpha value is -3.93. The number of carbonyl (C=O) groups is 1. The van der Waals surface area contributed by atoms with Crippen LogP contribution in [0.5, 0.6) is 11.5 Å². The van der Waals surface area contributed by atoms with Crippen LogP contribution in [0.25, 0.3) is 22.1 Å². The van der Waals surface area contributed by atoms with Gasteiger partial charge in [0.15, 0.2) is 17.8 Å². The zero-order valence-corrected chi connectivity index (χ0v) is 15.1. The Bertz CT molecular complexity index is 1260. The fraction of sp³-hybridized carbons (Fsp3) is 0.0435. The number of fused-ring (bicyclic) bond motifs is 1. The normalized spacial score (nSPS) is 10.8. The number of hydrogen-bond acceptors (Lipinski definition) is 5. The number of benzene rings is 3. The Morgan fingerprint density at radius 1 is 1.03 bits per heavy atom. The van der Waals surface area contributed by atoms with Crippen LogP contribution < -0.4 is 10.2 Å². The molecular weight excluding hydrogens is 375 g/mol.